The highest BCUT2D eigenvalue weighted by Crippen LogP contribution is 2.37. The van der Waals surface area contributed by atoms with Crippen LogP contribution in [0.25, 0.3) is 10.9 Å². The number of sulfonamides is 1. The lowest BCUT2D eigenvalue weighted by Gasteiger charge is -2.24. The molecule has 22 heavy (non-hydrogen) atoms. The van der Waals surface area contributed by atoms with Crippen molar-refractivity contribution in [1.82, 2.24) is 4.98 Å². The van der Waals surface area contributed by atoms with E-state index in [0.717, 1.165) is 29.4 Å². The standard InChI is InChI=1S/C16H16N2O2S2/c19-22(20,15-5-2-10-21-15)18(11-12-6-7-12)14-4-1-3-13-8-9-17-16(13)14/h1-5,8-10,12,17H,6-7,11H2. The average molecular weight is 332 g/mol. The molecular weight excluding hydrogens is 316 g/mol. The zero-order valence-electron chi connectivity index (χ0n) is 11.9. The maximum Gasteiger partial charge on any atom is 0.273 e. The molecule has 0 radical (unpaired) electrons. The Morgan fingerprint density at radius 1 is 1.18 bits per heavy atom. The minimum Gasteiger partial charge on any atom is -0.359 e. The number of rotatable bonds is 5. The fourth-order valence-corrected chi connectivity index (χ4v) is 5.31. The topological polar surface area (TPSA) is 53.2 Å². The van der Waals surface area contributed by atoms with Crippen LogP contribution in [-0.4, -0.2) is 19.9 Å². The van der Waals surface area contributed by atoms with Crippen LogP contribution in [0, 0.1) is 5.92 Å². The number of H-pyrrole nitrogens is 1. The number of aromatic nitrogens is 1. The first-order valence-electron chi connectivity index (χ1n) is 7.28. The minimum absolute atomic E-state index is 0.400. The third kappa shape index (κ3) is 2.32. The molecule has 1 aliphatic rings. The van der Waals surface area contributed by atoms with Crippen LogP contribution in [0.1, 0.15) is 12.8 Å². The first-order valence-corrected chi connectivity index (χ1v) is 9.60. The molecule has 2 aromatic heterocycles. The Hall–Kier alpha value is -1.79. The molecule has 3 aromatic rings. The smallest absolute Gasteiger partial charge is 0.273 e. The maximum atomic E-state index is 13.0. The number of benzene rings is 1. The number of hydrogen-bond acceptors (Lipinski definition) is 3. The summed E-state index contributed by atoms with van der Waals surface area (Å²) in [6, 6.07) is 11.2. The van der Waals surface area contributed by atoms with Gasteiger partial charge in [-0.1, -0.05) is 18.2 Å². The van der Waals surface area contributed by atoms with Crippen molar-refractivity contribution in [2.75, 3.05) is 10.8 Å². The number of para-hydroxylation sites is 1. The zero-order valence-corrected chi connectivity index (χ0v) is 13.5. The van der Waals surface area contributed by atoms with Crippen LogP contribution in [0.4, 0.5) is 5.69 Å². The summed E-state index contributed by atoms with van der Waals surface area (Å²) in [6.07, 6.45) is 4.07. The largest absolute Gasteiger partial charge is 0.359 e. The van der Waals surface area contributed by atoms with Gasteiger partial charge in [-0.2, -0.15) is 0 Å². The van der Waals surface area contributed by atoms with Gasteiger partial charge in [-0.05, 0) is 42.3 Å². The third-order valence-electron chi connectivity index (χ3n) is 3.99. The number of nitrogens with one attached hydrogen (secondary N) is 1. The fourth-order valence-electron chi connectivity index (χ4n) is 2.66. The molecule has 0 saturated heterocycles. The highest BCUT2D eigenvalue weighted by molar-refractivity contribution is 7.94. The lowest BCUT2D eigenvalue weighted by atomic mass is 10.2. The number of fused-ring (bicyclic) bond motifs is 1. The molecule has 6 heteroatoms. The fraction of sp³-hybridized carbons (Fsp3) is 0.250. The van der Waals surface area contributed by atoms with Crippen LogP contribution in [0.5, 0.6) is 0 Å². The van der Waals surface area contributed by atoms with Crippen LogP contribution < -0.4 is 4.31 Å². The summed E-state index contributed by atoms with van der Waals surface area (Å²) < 4.78 is 28.1. The maximum absolute atomic E-state index is 13.0. The highest BCUT2D eigenvalue weighted by atomic mass is 32.2. The van der Waals surface area contributed by atoms with Gasteiger partial charge in [0.15, 0.2) is 0 Å². The first kappa shape index (κ1) is 13.8. The van der Waals surface area contributed by atoms with Crippen molar-refractivity contribution in [3.8, 4) is 0 Å². The number of nitrogens with zero attached hydrogens (tertiary/aromatic N) is 1. The summed E-state index contributed by atoms with van der Waals surface area (Å²) in [6.45, 7) is 0.554. The first-order chi connectivity index (χ1) is 10.7. The molecular formula is C16H16N2O2S2. The van der Waals surface area contributed by atoms with Gasteiger partial charge in [-0.25, -0.2) is 8.42 Å². The number of anilines is 1. The Kier molecular flexibility index (Phi) is 3.23. The second-order valence-corrected chi connectivity index (χ2v) is 8.67. The lowest BCUT2D eigenvalue weighted by molar-refractivity contribution is 0.590. The molecule has 2 heterocycles. The van der Waals surface area contributed by atoms with Crippen molar-refractivity contribution < 1.29 is 8.42 Å². The molecule has 0 bridgehead atoms. The molecule has 1 N–H and O–H groups in total. The van der Waals surface area contributed by atoms with Crippen LogP contribution in [-0.2, 0) is 10.0 Å². The van der Waals surface area contributed by atoms with E-state index in [1.807, 2.05) is 30.5 Å². The normalized spacial score (nSPS) is 15.3. The van der Waals surface area contributed by atoms with Crippen molar-refractivity contribution in [1.29, 1.82) is 0 Å². The molecule has 1 fully saturated rings. The molecule has 4 rings (SSSR count). The van der Waals surface area contributed by atoms with Crippen molar-refractivity contribution in [3.05, 3.63) is 48.0 Å². The molecule has 4 nitrogen and oxygen atoms in total. The van der Waals surface area contributed by atoms with Gasteiger partial charge in [0, 0.05) is 18.1 Å². The van der Waals surface area contributed by atoms with E-state index in [2.05, 4.69) is 4.98 Å². The van der Waals surface area contributed by atoms with Crippen LogP contribution in [0.3, 0.4) is 0 Å². The van der Waals surface area contributed by atoms with Crippen molar-refractivity contribution >= 4 is 38.0 Å². The summed E-state index contributed by atoms with van der Waals surface area (Å²) in [7, 11) is -3.50. The van der Waals surface area contributed by atoms with Crippen LogP contribution >= 0.6 is 11.3 Å². The molecule has 0 atom stereocenters. The second-order valence-electron chi connectivity index (χ2n) is 5.63. The summed E-state index contributed by atoms with van der Waals surface area (Å²) in [5.74, 6) is 0.472. The number of thiophene rings is 1. The van der Waals surface area contributed by atoms with E-state index in [0.29, 0.717) is 16.7 Å². The van der Waals surface area contributed by atoms with Gasteiger partial charge in [0.2, 0.25) is 0 Å². The lowest BCUT2D eigenvalue weighted by Crippen LogP contribution is -2.32. The molecule has 1 aromatic carbocycles. The van der Waals surface area contributed by atoms with E-state index in [1.165, 1.54) is 11.3 Å². The molecule has 0 unspecified atom stereocenters. The Bertz CT molecular complexity index is 893. The van der Waals surface area contributed by atoms with Gasteiger partial charge in [-0.15, -0.1) is 11.3 Å². The van der Waals surface area contributed by atoms with E-state index < -0.39 is 10.0 Å². The van der Waals surface area contributed by atoms with Crippen molar-refractivity contribution in [2.45, 2.75) is 17.1 Å². The Morgan fingerprint density at radius 3 is 2.77 bits per heavy atom. The number of hydrogen-bond donors (Lipinski definition) is 1. The SMILES string of the molecule is O=S(=O)(c1cccs1)N(CC1CC1)c1cccc2cc[nH]c12. The van der Waals surface area contributed by atoms with Gasteiger partial charge in [0.1, 0.15) is 4.21 Å². The average Bonchev–Trinajstić information content (AvgIpc) is 2.99. The van der Waals surface area contributed by atoms with Gasteiger partial charge >= 0.3 is 0 Å². The van der Waals surface area contributed by atoms with Gasteiger partial charge in [0.05, 0.1) is 11.2 Å². The molecule has 1 aliphatic carbocycles. The van der Waals surface area contributed by atoms with E-state index in [9.17, 15) is 8.42 Å². The molecule has 0 amide bonds. The summed E-state index contributed by atoms with van der Waals surface area (Å²) in [5, 5.41) is 2.83. The second kappa shape index (κ2) is 5.14. The summed E-state index contributed by atoms with van der Waals surface area (Å²) in [5.41, 5.74) is 1.62. The Labute approximate surface area is 133 Å². The Balaban J connectivity index is 1.86. The van der Waals surface area contributed by atoms with Gasteiger partial charge in [-0.3, -0.25) is 4.31 Å². The molecule has 114 valence electrons. The van der Waals surface area contributed by atoms with Crippen LogP contribution in [0.2, 0.25) is 0 Å². The van der Waals surface area contributed by atoms with Crippen molar-refractivity contribution in [3.63, 3.8) is 0 Å². The van der Waals surface area contributed by atoms with Gasteiger partial charge in [0.25, 0.3) is 10.0 Å². The minimum atomic E-state index is -3.50. The van der Waals surface area contributed by atoms with E-state index in [-0.39, 0.29) is 0 Å². The van der Waals surface area contributed by atoms with Gasteiger partial charge < -0.3 is 4.98 Å². The van der Waals surface area contributed by atoms with Crippen LogP contribution in [0.15, 0.2) is 52.2 Å². The van der Waals surface area contributed by atoms with E-state index in [1.54, 1.807) is 21.8 Å². The highest BCUT2D eigenvalue weighted by Gasteiger charge is 2.33. The van der Waals surface area contributed by atoms with E-state index >= 15 is 0 Å². The Morgan fingerprint density at radius 2 is 2.05 bits per heavy atom. The predicted octanol–water partition coefficient (Wildman–Crippen LogP) is 3.83. The molecule has 1 saturated carbocycles. The number of aromatic amines is 1. The zero-order chi connectivity index (χ0) is 15.2. The molecule has 0 aliphatic heterocycles. The summed E-state index contributed by atoms with van der Waals surface area (Å²) >= 11 is 1.27. The predicted molar refractivity (Wildman–Crippen MR) is 89.9 cm³/mol. The molecule has 0 spiro atoms. The monoisotopic (exact) mass is 332 g/mol. The van der Waals surface area contributed by atoms with Crippen molar-refractivity contribution in [2.24, 2.45) is 5.92 Å². The quantitative estimate of drug-likeness (QED) is 0.772. The third-order valence-corrected chi connectivity index (χ3v) is 7.15. The van der Waals surface area contributed by atoms with E-state index in [4.69, 9.17) is 0 Å². The summed E-state index contributed by atoms with van der Waals surface area (Å²) in [4.78, 5) is 3.18.